The molecule has 0 spiro atoms. The van der Waals surface area contributed by atoms with Crippen molar-refractivity contribution in [3.63, 3.8) is 0 Å². The fraction of sp³-hybridized carbons (Fsp3) is 0.333. The van der Waals surface area contributed by atoms with Gasteiger partial charge in [-0.1, -0.05) is 22.0 Å². The van der Waals surface area contributed by atoms with E-state index in [9.17, 15) is 4.39 Å². The number of hydrogen-bond donors (Lipinski definition) is 1. The first-order chi connectivity index (χ1) is 5.70. The molecule has 0 amide bonds. The van der Waals surface area contributed by atoms with Gasteiger partial charge in [0.15, 0.2) is 0 Å². The molecular weight excluding hydrogens is 221 g/mol. The van der Waals surface area contributed by atoms with Crippen LogP contribution >= 0.6 is 15.9 Å². The molecule has 1 nitrogen and oxygen atoms in total. The highest BCUT2D eigenvalue weighted by Gasteiger charge is 2.37. The first kappa shape index (κ1) is 8.20. The molecular formula is C9H9BrFN. The van der Waals surface area contributed by atoms with Crippen LogP contribution in [-0.4, -0.2) is 6.04 Å². The molecule has 0 saturated heterocycles. The largest absolute Gasteiger partial charge is 0.327 e. The van der Waals surface area contributed by atoms with Gasteiger partial charge in [-0.05, 0) is 18.6 Å². The van der Waals surface area contributed by atoms with Gasteiger partial charge in [0.2, 0.25) is 0 Å². The molecule has 0 aromatic heterocycles. The molecule has 0 bridgehead atoms. The van der Waals surface area contributed by atoms with E-state index < -0.39 is 0 Å². The van der Waals surface area contributed by atoms with Gasteiger partial charge in [-0.2, -0.15) is 0 Å². The minimum Gasteiger partial charge on any atom is -0.327 e. The second-order valence-corrected chi connectivity index (χ2v) is 4.00. The Morgan fingerprint density at radius 3 is 2.67 bits per heavy atom. The third-order valence-corrected chi connectivity index (χ3v) is 2.90. The summed E-state index contributed by atoms with van der Waals surface area (Å²) < 4.78 is 14.1. The number of rotatable bonds is 1. The normalized spacial score (nSPS) is 27.2. The molecule has 1 aliphatic carbocycles. The average Bonchev–Trinajstić information content (AvgIpc) is 2.67. The van der Waals surface area contributed by atoms with E-state index in [0.717, 1.165) is 16.5 Å². The predicted molar refractivity (Wildman–Crippen MR) is 49.4 cm³/mol. The minimum atomic E-state index is -0.151. The van der Waals surface area contributed by atoms with Crippen molar-refractivity contribution in [2.24, 2.45) is 5.73 Å². The van der Waals surface area contributed by atoms with Crippen LogP contribution in [0.2, 0.25) is 0 Å². The Morgan fingerprint density at radius 2 is 2.17 bits per heavy atom. The van der Waals surface area contributed by atoms with Crippen molar-refractivity contribution < 1.29 is 4.39 Å². The van der Waals surface area contributed by atoms with E-state index in [1.165, 1.54) is 6.07 Å². The molecule has 1 fully saturated rings. The third-order valence-electron chi connectivity index (χ3n) is 2.21. The predicted octanol–water partition coefficient (Wildman–Crippen LogP) is 2.40. The highest BCUT2D eigenvalue weighted by molar-refractivity contribution is 9.10. The van der Waals surface area contributed by atoms with E-state index in [0.29, 0.717) is 0 Å². The Morgan fingerprint density at radius 1 is 1.50 bits per heavy atom. The number of halogens is 2. The van der Waals surface area contributed by atoms with Crippen molar-refractivity contribution in [3.05, 3.63) is 34.1 Å². The average molecular weight is 230 g/mol. The summed E-state index contributed by atoms with van der Waals surface area (Å²) >= 11 is 3.32. The van der Waals surface area contributed by atoms with Gasteiger partial charge in [-0.3, -0.25) is 0 Å². The molecule has 2 atom stereocenters. The van der Waals surface area contributed by atoms with E-state index >= 15 is 0 Å². The zero-order valence-corrected chi connectivity index (χ0v) is 8.01. The van der Waals surface area contributed by atoms with Crippen molar-refractivity contribution in [2.75, 3.05) is 0 Å². The molecule has 0 unspecified atom stereocenters. The minimum absolute atomic E-state index is 0.151. The lowest BCUT2D eigenvalue weighted by atomic mass is 10.1. The van der Waals surface area contributed by atoms with E-state index in [-0.39, 0.29) is 17.8 Å². The number of hydrogen-bond acceptors (Lipinski definition) is 1. The summed E-state index contributed by atoms with van der Waals surface area (Å²) in [6, 6.07) is 5.17. The van der Waals surface area contributed by atoms with E-state index in [2.05, 4.69) is 15.9 Å². The molecule has 0 heterocycles. The van der Waals surface area contributed by atoms with Gasteiger partial charge in [0.1, 0.15) is 5.82 Å². The van der Waals surface area contributed by atoms with Gasteiger partial charge in [-0.15, -0.1) is 0 Å². The third kappa shape index (κ3) is 1.27. The van der Waals surface area contributed by atoms with Crippen molar-refractivity contribution in [3.8, 4) is 0 Å². The van der Waals surface area contributed by atoms with Gasteiger partial charge in [0, 0.05) is 22.0 Å². The van der Waals surface area contributed by atoms with Crippen LogP contribution in [0.4, 0.5) is 4.39 Å². The summed E-state index contributed by atoms with van der Waals surface area (Å²) in [5.41, 5.74) is 6.39. The van der Waals surface area contributed by atoms with Gasteiger partial charge >= 0.3 is 0 Å². The lowest BCUT2D eigenvalue weighted by Gasteiger charge is -2.03. The first-order valence-corrected chi connectivity index (χ1v) is 4.69. The van der Waals surface area contributed by atoms with Crippen LogP contribution in [0.5, 0.6) is 0 Å². The van der Waals surface area contributed by atoms with Crippen molar-refractivity contribution in [1.82, 2.24) is 0 Å². The Bertz CT molecular complexity index is 293. The summed E-state index contributed by atoms with van der Waals surface area (Å²) in [4.78, 5) is 0. The highest BCUT2D eigenvalue weighted by Crippen LogP contribution is 2.43. The molecule has 0 aliphatic heterocycles. The lowest BCUT2D eigenvalue weighted by Crippen LogP contribution is -2.02. The Labute approximate surface area is 78.9 Å². The van der Waals surface area contributed by atoms with Gasteiger partial charge in [0.05, 0.1) is 0 Å². The van der Waals surface area contributed by atoms with Crippen LogP contribution in [0.1, 0.15) is 17.9 Å². The maximum Gasteiger partial charge on any atom is 0.127 e. The van der Waals surface area contributed by atoms with Crippen LogP contribution in [0.15, 0.2) is 22.7 Å². The SMILES string of the molecule is N[C@@H]1C[C@H]1c1c(F)cccc1Br. The van der Waals surface area contributed by atoms with Crippen molar-refractivity contribution in [2.45, 2.75) is 18.4 Å². The molecule has 0 radical (unpaired) electrons. The molecule has 12 heavy (non-hydrogen) atoms. The van der Waals surface area contributed by atoms with Crippen molar-refractivity contribution in [1.29, 1.82) is 0 Å². The van der Waals surface area contributed by atoms with E-state index in [1.807, 2.05) is 6.07 Å². The van der Waals surface area contributed by atoms with Gasteiger partial charge in [0.25, 0.3) is 0 Å². The fourth-order valence-electron chi connectivity index (χ4n) is 1.41. The monoisotopic (exact) mass is 229 g/mol. The van der Waals surface area contributed by atoms with Crippen LogP contribution in [0.25, 0.3) is 0 Å². The molecule has 2 rings (SSSR count). The summed E-state index contributed by atoms with van der Waals surface area (Å²) in [5, 5.41) is 0. The highest BCUT2D eigenvalue weighted by atomic mass is 79.9. The van der Waals surface area contributed by atoms with Crippen molar-refractivity contribution >= 4 is 15.9 Å². The molecule has 1 aromatic carbocycles. The molecule has 1 aromatic rings. The summed E-state index contributed by atoms with van der Waals surface area (Å²) in [6.45, 7) is 0. The lowest BCUT2D eigenvalue weighted by molar-refractivity contribution is 0.608. The second kappa shape index (κ2) is 2.82. The van der Waals surface area contributed by atoms with E-state index in [1.54, 1.807) is 6.07 Å². The molecule has 2 N–H and O–H groups in total. The molecule has 64 valence electrons. The fourth-order valence-corrected chi connectivity index (χ4v) is 2.05. The summed E-state index contributed by atoms with van der Waals surface area (Å²) in [5.74, 6) is 0.0721. The van der Waals surface area contributed by atoms with Crippen LogP contribution in [0, 0.1) is 5.82 Å². The first-order valence-electron chi connectivity index (χ1n) is 3.89. The number of benzene rings is 1. The quantitative estimate of drug-likeness (QED) is 0.787. The maximum atomic E-state index is 13.2. The van der Waals surface area contributed by atoms with Crippen LogP contribution in [0.3, 0.4) is 0 Å². The molecule has 1 saturated carbocycles. The zero-order valence-electron chi connectivity index (χ0n) is 6.43. The molecule has 1 aliphatic rings. The second-order valence-electron chi connectivity index (χ2n) is 3.14. The van der Waals surface area contributed by atoms with Crippen LogP contribution in [-0.2, 0) is 0 Å². The smallest absolute Gasteiger partial charge is 0.127 e. The summed E-state index contributed by atoms with van der Waals surface area (Å²) in [6.07, 6.45) is 0.902. The summed E-state index contributed by atoms with van der Waals surface area (Å²) in [7, 11) is 0. The van der Waals surface area contributed by atoms with Gasteiger partial charge < -0.3 is 5.73 Å². The van der Waals surface area contributed by atoms with E-state index in [4.69, 9.17) is 5.73 Å². The van der Waals surface area contributed by atoms with Gasteiger partial charge in [-0.25, -0.2) is 4.39 Å². The van der Waals surface area contributed by atoms with Crippen LogP contribution < -0.4 is 5.73 Å². The molecule has 3 heteroatoms. The zero-order chi connectivity index (χ0) is 8.72. The Kier molecular flexibility index (Phi) is 1.93. The Balaban J connectivity index is 2.41. The maximum absolute atomic E-state index is 13.2. The topological polar surface area (TPSA) is 26.0 Å². The Hall–Kier alpha value is -0.410. The number of nitrogens with two attached hydrogens (primary N) is 1. The standard InChI is InChI=1S/C9H9BrFN/c10-6-2-1-3-7(11)9(6)5-4-8(5)12/h1-3,5,8H,4,12H2/t5-,8-/m1/s1.